The fourth-order valence-electron chi connectivity index (χ4n) is 4.23. The molecular weight excluding hydrogens is 374 g/mol. The number of hydrogen-bond donors (Lipinski definition) is 1. The normalized spacial score (nSPS) is 19.4. The summed E-state index contributed by atoms with van der Waals surface area (Å²) in [7, 11) is 0. The van der Waals surface area contributed by atoms with E-state index < -0.39 is 17.2 Å². The van der Waals surface area contributed by atoms with Crippen LogP contribution < -0.4 is 4.90 Å². The van der Waals surface area contributed by atoms with E-state index in [1.807, 2.05) is 19.1 Å². The van der Waals surface area contributed by atoms with Gasteiger partial charge in [-0.15, -0.1) is 4.80 Å². The van der Waals surface area contributed by atoms with Crippen LogP contribution in [0.2, 0.25) is 0 Å². The molecule has 148 valence electrons. The molecule has 0 spiro atoms. The third-order valence-corrected chi connectivity index (χ3v) is 5.75. The lowest BCUT2D eigenvalue weighted by molar-refractivity contribution is 0.465. The average molecular weight is 394 g/mol. The monoisotopic (exact) mass is 394 g/mol. The van der Waals surface area contributed by atoms with Crippen LogP contribution in [-0.4, -0.2) is 31.5 Å². The maximum atomic E-state index is 14.3. The van der Waals surface area contributed by atoms with Crippen LogP contribution in [0.4, 0.5) is 14.5 Å². The summed E-state index contributed by atoms with van der Waals surface area (Å²) in [5.74, 6) is -1.19. The molecule has 3 heterocycles. The lowest BCUT2D eigenvalue weighted by Crippen LogP contribution is -2.40. The van der Waals surface area contributed by atoms with Crippen LogP contribution in [0, 0.1) is 18.6 Å². The van der Waals surface area contributed by atoms with Gasteiger partial charge in [-0.3, -0.25) is 0 Å². The predicted octanol–water partition coefficient (Wildman–Crippen LogP) is 4.25. The van der Waals surface area contributed by atoms with Crippen molar-refractivity contribution in [2.24, 2.45) is 0 Å². The van der Waals surface area contributed by atoms with Gasteiger partial charge in [-0.2, -0.15) is 10.2 Å². The molecule has 1 fully saturated rings. The van der Waals surface area contributed by atoms with E-state index in [2.05, 4.69) is 38.1 Å². The van der Waals surface area contributed by atoms with E-state index in [1.54, 1.807) is 17.2 Å². The van der Waals surface area contributed by atoms with Crippen molar-refractivity contribution in [2.45, 2.75) is 32.2 Å². The zero-order valence-electron chi connectivity index (χ0n) is 16.2. The zero-order chi connectivity index (χ0) is 20.2. The number of nitrogens with one attached hydrogen (secondary N) is 1. The van der Waals surface area contributed by atoms with E-state index in [-0.39, 0.29) is 5.52 Å². The second kappa shape index (κ2) is 6.37. The fraction of sp³-hybridized carbons (Fsp3) is 0.286. The van der Waals surface area contributed by atoms with E-state index >= 15 is 0 Å². The first-order chi connectivity index (χ1) is 14.0. The molecule has 29 heavy (non-hydrogen) atoms. The summed E-state index contributed by atoms with van der Waals surface area (Å²) in [4.78, 5) is 11.5. The molecular formula is C21H20F2N6. The van der Waals surface area contributed by atoms with Crippen LogP contribution in [-0.2, 0) is 5.54 Å². The van der Waals surface area contributed by atoms with Crippen molar-refractivity contribution in [2.75, 3.05) is 11.4 Å². The Labute approximate surface area is 166 Å². The van der Waals surface area contributed by atoms with E-state index in [4.69, 9.17) is 0 Å². The van der Waals surface area contributed by atoms with Gasteiger partial charge in [0, 0.05) is 6.54 Å². The second-order valence-electron chi connectivity index (χ2n) is 7.68. The van der Waals surface area contributed by atoms with Gasteiger partial charge in [-0.25, -0.2) is 13.8 Å². The highest BCUT2D eigenvalue weighted by molar-refractivity contribution is 5.76. The molecule has 0 unspecified atom stereocenters. The third kappa shape index (κ3) is 2.70. The van der Waals surface area contributed by atoms with Crippen molar-refractivity contribution in [1.29, 1.82) is 0 Å². The molecule has 2 aromatic heterocycles. The highest BCUT2D eigenvalue weighted by atomic mass is 19.2. The summed E-state index contributed by atoms with van der Waals surface area (Å²) in [6.07, 6.45) is 5.06. The van der Waals surface area contributed by atoms with Gasteiger partial charge in [0.1, 0.15) is 17.0 Å². The molecule has 0 saturated carbocycles. The number of anilines is 1. The Kier molecular flexibility index (Phi) is 3.90. The molecule has 0 bridgehead atoms. The number of aromatic amines is 1. The number of fused-ring (bicyclic) bond motifs is 1. The zero-order valence-corrected chi connectivity index (χ0v) is 16.2. The molecule has 1 saturated heterocycles. The number of H-pyrrole nitrogens is 1. The van der Waals surface area contributed by atoms with Gasteiger partial charge in [0.2, 0.25) is 0 Å². The van der Waals surface area contributed by atoms with E-state index in [9.17, 15) is 8.78 Å². The van der Waals surface area contributed by atoms with Gasteiger partial charge in [0.25, 0.3) is 0 Å². The van der Waals surface area contributed by atoms with Gasteiger partial charge in [-0.1, -0.05) is 6.07 Å². The fourth-order valence-corrected chi connectivity index (χ4v) is 4.23. The first-order valence-corrected chi connectivity index (χ1v) is 9.56. The molecule has 8 heteroatoms. The Bertz CT molecular complexity index is 1200. The smallest absolute Gasteiger partial charge is 0.186 e. The summed E-state index contributed by atoms with van der Waals surface area (Å²) < 4.78 is 27.9. The summed E-state index contributed by atoms with van der Waals surface area (Å²) >= 11 is 0. The van der Waals surface area contributed by atoms with Crippen LogP contribution in [0.25, 0.3) is 16.7 Å². The molecule has 0 amide bonds. The molecule has 1 aliphatic heterocycles. The molecule has 6 nitrogen and oxygen atoms in total. The Hall–Kier alpha value is -3.29. The molecule has 1 N–H and O–H groups in total. The Morgan fingerprint density at radius 1 is 1.07 bits per heavy atom. The van der Waals surface area contributed by atoms with Crippen molar-refractivity contribution in [3.63, 3.8) is 0 Å². The second-order valence-corrected chi connectivity index (χ2v) is 7.68. The molecule has 1 aliphatic rings. The number of hydrogen-bond acceptors (Lipinski definition) is 4. The van der Waals surface area contributed by atoms with E-state index in [0.29, 0.717) is 11.3 Å². The van der Waals surface area contributed by atoms with Crippen LogP contribution in [0.5, 0.6) is 0 Å². The van der Waals surface area contributed by atoms with E-state index in [0.717, 1.165) is 42.4 Å². The lowest BCUT2D eigenvalue weighted by atomic mass is 9.97. The van der Waals surface area contributed by atoms with Gasteiger partial charge in [0.15, 0.2) is 11.6 Å². The maximum absolute atomic E-state index is 14.3. The number of aryl methyl sites for hydroxylation is 1. The Morgan fingerprint density at radius 3 is 2.66 bits per heavy atom. The Morgan fingerprint density at radius 2 is 1.86 bits per heavy atom. The van der Waals surface area contributed by atoms with Gasteiger partial charge < -0.3 is 9.88 Å². The molecule has 1 atom stereocenters. The summed E-state index contributed by atoms with van der Waals surface area (Å²) in [6.45, 7) is 4.92. The van der Waals surface area contributed by atoms with Crippen LogP contribution in [0.15, 0.2) is 42.7 Å². The lowest BCUT2D eigenvalue weighted by Gasteiger charge is -2.36. The molecule has 0 radical (unpaired) electrons. The predicted molar refractivity (Wildman–Crippen MR) is 106 cm³/mol. The minimum Gasteiger partial charge on any atom is -0.357 e. The number of imidazole rings is 1. The van der Waals surface area contributed by atoms with Crippen molar-refractivity contribution < 1.29 is 8.78 Å². The number of aromatic nitrogens is 5. The van der Waals surface area contributed by atoms with Gasteiger partial charge in [0.05, 0.1) is 29.1 Å². The highest BCUT2D eigenvalue weighted by Gasteiger charge is 2.42. The van der Waals surface area contributed by atoms with Crippen LogP contribution in [0.3, 0.4) is 0 Å². The summed E-state index contributed by atoms with van der Waals surface area (Å²) in [6, 6.07) is 8.77. The standard InChI is InChI=1S/C21H20F2N6/c1-13-4-7-16(29-24-9-10-25-29)17(12-13)28-11-3-8-21(28,2)20-26-15-6-5-14(22)18(23)19(15)27-20/h4-7,9-10,12H,3,8,11H2,1-2H3,(H,26,27)/t21-/m0/s1. The number of nitrogens with zero attached hydrogens (tertiary/aromatic N) is 5. The van der Waals surface area contributed by atoms with Crippen molar-refractivity contribution in [3.8, 4) is 5.69 Å². The minimum atomic E-state index is -0.921. The van der Waals surface area contributed by atoms with Gasteiger partial charge in [-0.05, 0) is 56.5 Å². The molecule has 5 rings (SSSR count). The van der Waals surface area contributed by atoms with E-state index in [1.165, 1.54) is 6.07 Å². The third-order valence-electron chi connectivity index (χ3n) is 5.75. The quantitative estimate of drug-likeness (QED) is 0.564. The topological polar surface area (TPSA) is 62.6 Å². The molecule has 0 aliphatic carbocycles. The van der Waals surface area contributed by atoms with Crippen molar-refractivity contribution in [3.05, 3.63) is 65.7 Å². The van der Waals surface area contributed by atoms with Crippen molar-refractivity contribution >= 4 is 16.7 Å². The first kappa shape index (κ1) is 17.8. The SMILES string of the molecule is Cc1ccc(-n2nccn2)c(N2CCC[C@@]2(C)c2nc3c(F)c(F)ccc3[nH]2)c1. The molecule has 2 aromatic carbocycles. The highest BCUT2D eigenvalue weighted by Crippen LogP contribution is 2.43. The average Bonchev–Trinajstić information content (AvgIpc) is 3.44. The first-order valence-electron chi connectivity index (χ1n) is 9.56. The number of benzene rings is 2. The largest absolute Gasteiger partial charge is 0.357 e. The van der Waals surface area contributed by atoms with Crippen LogP contribution >= 0.6 is 0 Å². The minimum absolute atomic E-state index is 0.0336. The number of rotatable bonds is 3. The van der Waals surface area contributed by atoms with Crippen molar-refractivity contribution in [1.82, 2.24) is 25.0 Å². The Balaban J connectivity index is 1.66. The van der Waals surface area contributed by atoms with Gasteiger partial charge >= 0.3 is 0 Å². The summed E-state index contributed by atoms with van der Waals surface area (Å²) in [5, 5.41) is 8.58. The van der Waals surface area contributed by atoms with Crippen LogP contribution in [0.1, 0.15) is 31.2 Å². The maximum Gasteiger partial charge on any atom is 0.186 e. The summed E-state index contributed by atoms with van der Waals surface area (Å²) in [5.41, 5.74) is 2.98. The molecule has 4 aromatic rings. The number of halogens is 2.